The van der Waals surface area contributed by atoms with Gasteiger partial charge in [-0.05, 0) is 30.7 Å². The largest absolute Gasteiger partial charge is 0.240 e. The molecule has 0 fully saturated rings. The van der Waals surface area contributed by atoms with Gasteiger partial charge in [-0.25, -0.2) is 21.9 Å². The minimum atomic E-state index is -3.72. The summed E-state index contributed by atoms with van der Waals surface area (Å²) in [6.07, 6.45) is 0. The van der Waals surface area contributed by atoms with Crippen LogP contribution in [0.15, 0.2) is 47.4 Å². The fraction of sp³-hybridized carbons (Fsp3) is 0.143. The summed E-state index contributed by atoms with van der Waals surface area (Å²) in [5.41, 5.74) is 0.892. The average molecular weight is 297 g/mol. The molecular formula is C14H13F2NO2S. The van der Waals surface area contributed by atoms with Crippen LogP contribution in [-0.4, -0.2) is 8.42 Å². The van der Waals surface area contributed by atoms with Crippen molar-refractivity contribution in [1.29, 1.82) is 0 Å². The quantitative estimate of drug-likeness (QED) is 0.943. The van der Waals surface area contributed by atoms with Gasteiger partial charge in [-0.3, -0.25) is 0 Å². The third kappa shape index (κ3) is 3.40. The first-order valence-corrected chi connectivity index (χ1v) is 7.37. The number of benzene rings is 2. The Balaban J connectivity index is 2.17. The molecule has 0 spiro atoms. The number of sulfonamides is 1. The maximum absolute atomic E-state index is 13.4. The lowest BCUT2D eigenvalue weighted by molar-refractivity contribution is 0.562. The van der Waals surface area contributed by atoms with Gasteiger partial charge < -0.3 is 0 Å². The molecule has 3 nitrogen and oxygen atoms in total. The number of aryl methyl sites for hydroxylation is 1. The summed E-state index contributed by atoms with van der Waals surface area (Å²) < 4.78 is 52.5. The molecule has 0 unspecified atom stereocenters. The van der Waals surface area contributed by atoms with Gasteiger partial charge in [-0.1, -0.05) is 18.2 Å². The summed E-state index contributed by atoms with van der Waals surface area (Å²) in [5, 5.41) is 0. The molecule has 106 valence electrons. The molecule has 0 aromatic heterocycles. The molecule has 1 N–H and O–H groups in total. The lowest BCUT2D eigenvalue weighted by atomic mass is 10.2. The second-order valence-corrected chi connectivity index (χ2v) is 6.14. The fourth-order valence-electron chi connectivity index (χ4n) is 1.70. The predicted octanol–water partition coefficient (Wildman–Crippen LogP) is 2.75. The zero-order valence-electron chi connectivity index (χ0n) is 10.7. The van der Waals surface area contributed by atoms with Gasteiger partial charge in [0.05, 0.1) is 4.90 Å². The summed E-state index contributed by atoms with van der Waals surface area (Å²) in [6, 6.07) is 9.39. The summed E-state index contributed by atoms with van der Waals surface area (Å²) in [5.74, 6) is -1.48. The Morgan fingerprint density at radius 1 is 1.10 bits per heavy atom. The molecule has 6 heteroatoms. The lowest BCUT2D eigenvalue weighted by Gasteiger charge is -2.08. The van der Waals surface area contributed by atoms with Crippen molar-refractivity contribution in [1.82, 2.24) is 4.72 Å². The van der Waals surface area contributed by atoms with Crippen molar-refractivity contribution in [3.05, 3.63) is 65.2 Å². The third-order valence-electron chi connectivity index (χ3n) is 2.77. The lowest BCUT2D eigenvalue weighted by Crippen LogP contribution is -2.23. The Labute approximate surface area is 116 Å². The first kappa shape index (κ1) is 14.6. The van der Waals surface area contributed by atoms with Crippen molar-refractivity contribution >= 4 is 10.0 Å². The molecule has 0 saturated heterocycles. The highest BCUT2D eigenvalue weighted by atomic mass is 32.2. The highest BCUT2D eigenvalue weighted by Gasteiger charge is 2.14. The number of hydrogen-bond donors (Lipinski definition) is 1. The number of nitrogens with one attached hydrogen (secondary N) is 1. The van der Waals surface area contributed by atoms with E-state index in [0.29, 0.717) is 0 Å². The monoisotopic (exact) mass is 297 g/mol. The molecule has 0 heterocycles. The smallest absolute Gasteiger partial charge is 0.207 e. The van der Waals surface area contributed by atoms with Gasteiger partial charge in [0.15, 0.2) is 0 Å². The third-order valence-corrected chi connectivity index (χ3v) is 4.17. The minimum Gasteiger partial charge on any atom is -0.207 e. The molecule has 0 aliphatic carbocycles. The summed E-state index contributed by atoms with van der Waals surface area (Å²) >= 11 is 0. The normalized spacial score (nSPS) is 11.6. The molecule has 0 bridgehead atoms. The van der Waals surface area contributed by atoms with Crippen LogP contribution in [0.4, 0.5) is 8.78 Å². The zero-order chi connectivity index (χ0) is 14.8. The molecule has 2 aromatic carbocycles. The molecule has 2 aromatic rings. The summed E-state index contributed by atoms with van der Waals surface area (Å²) in [4.78, 5) is 0.111. The first-order chi connectivity index (χ1) is 9.38. The van der Waals surface area contributed by atoms with Gasteiger partial charge in [0, 0.05) is 18.2 Å². The van der Waals surface area contributed by atoms with Crippen LogP contribution in [0.2, 0.25) is 0 Å². The van der Waals surface area contributed by atoms with Gasteiger partial charge in [-0.15, -0.1) is 0 Å². The van der Waals surface area contributed by atoms with E-state index >= 15 is 0 Å². The van der Waals surface area contributed by atoms with E-state index < -0.39 is 21.7 Å². The Morgan fingerprint density at radius 3 is 2.50 bits per heavy atom. The maximum atomic E-state index is 13.4. The van der Waals surface area contributed by atoms with Crippen LogP contribution in [0.1, 0.15) is 11.1 Å². The first-order valence-electron chi connectivity index (χ1n) is 5.89. The second-order valence-electron chi connectivity index (χ2n) is 4.38. The van der Waals surface area contributed by atoms with E-state index in [-0.39, 0.29) is 17.0 Å². The molecule has 0 aliphatic rings. The van der Waals surface area contributed by atoms with Crippen LogP contribution < -0.4 is 4.72 Å². The van der Waals surface area contributed by atoms with Gasteiger partial charge in [0.25, 0.3) is 0 Å². The molecule has 0 radical (unpaired) electrons. The van der Waals surface area contributed by atoms with Crippen LogP contribution in [0.25, 0.3) is 0 Å². The maximum Gasteiger partial charge on any atom is 0.240 e. The fourth-order valence-corrected chi connectivity index (χ4v) is 2.81. The standard InChI is InChI=1S/C14H13F2NO2S/c1-10-3-2-4-13(7-10)20(18,19)17-9-11-5-6-12(15)8-14(11)16/h2-8,17H,9H2,1H3. The predicted molar refractivity (Wildman–Crippen MR) is 71.6 cm³/mol. The summed E-state index contributed by atoms with van der Waals surface area (Å²) in [7, 11) is -3.72. The van der Waals surface area contributed by atoms with Crippen LogP contribution in [0.3, 0.4) is 0 Å². The Kier molecular flexibility index (Phi) is 4.15. The van der Waals surface area contributed by atoms with E-state index in [2.05, 4.69) is 4.72 Å². The van der Waals surface area contributed by atoms with Gasteiger partial charge in [0.1, 0.15) is 11.6 Å². The summed E-state index contributed by atoms with van der Waals surface area (Å²) in [6.45, 7) is 1.54. The molecule has 20 heavy (non-hydrogen) atoms. The van der Waals surface area contributed by atoms with Crippen molar-refractivity contribution in [2.24, 2.45) is 0 Å². The van der Waals surface area contributed by atoms with E-state index in [1.165, 1.54) is 18.2 Å². The second kappa shape index (κ2) is 5.68. The van der Waals surface area contributed by atoms with Gasteiger partial charge in [-0.2, -0.15) is 0 Å². The van der Waals surface area contributed by atoms with Crippen LogP contribution in [0.5, 0.6) is 0 Å². The van der Waals surface area contributed by atoms with E-state index in [4.69, 9.17) is 0 Å². The van der Waals surface area contributed by atoms with Crippen molar-refractivity contribution in [2.45, 2.75) is 18.4 Å². The van der Waals surface area contributed by atoms with Crippen LogP contribution in [-0.2, 0) is 16.6 Å². The van der Waals surface area contributed by atoms with Gasteiger partial charge >= 0.3 is 0 Å². The highest BCUT2D eigenvalue weighted by Crippen LogP contribution is 2.13. The SMILES string of the molecule is Cc1cccc(S(=O)(=O)NCc2ccc(F)cc2F)c1. The van der Waals surface area contributed by atoms with Gasteiger partial charge in [0.2, 0.25) is 10.0 Å². The molecule has 0 aliphatic heterocycles. The molecule has 2 rings (SSSR count). The van der Waals surface area contributed by atoms with Crippen molar-refractivity contribution in [3.63, 3.8) is 0 Å². The Bertz CT molecular complexity index is 730. The van der Waals surface area contributed by atoms with E-state index in [1.807, 2.05) is 0 Å². The van der Waals surface area contributed by atoms with Crippen LogP contribution in [0, 0.1) is 18.6 Å². The topological polar surface area (TPSA) is 46.2 Å². The van der Waals surface area contributed by atoms with Crippen molar-refractivity contribution in [3.8, 4) is 0 Å². The molecule has 0 saturated carbocycles. The van der Waals surface area contributed by atoms with E-state index in [9.17, 15) is 17.2 Å². The zero-order valence-corrected chi connectivity index (χ0v) is 11.5. The van der Waals surface area contributed by atoms with E-state index in [0.717, 1.165) is 17.7 Å². The van der Waals surface area contributed by atoms with E-state index in [1.54, 1.807) is 19.1 Å². The molecule has 0 atom stereocenters. The number of rotatable bonds is 4. The molecule has 0 amide bonds. The number of halogens is 2. The average Bonchev–Trinajstić information content (AvgIpc) is 2.37. The molecular weight excluding hydrogens is 284 g/mol. The van der Waals surface area contributed by atoms with Crippen LogP contribution >= 0.6 is 0 Å². The Morgan fingerprint density at radius 2 is 1.85 bits per heavy atom. The Hall–Kier alpha value is -1.79. The minimum absolute atomic E-state index is 0.0858. The number of hydrogen-bond acceptors (Lipinski definition) is 2. The van der Waals surface area contributed by atoms with Crippen molar-refractivity contribution < 1.29 is 17.2 Å². The highest BCUT2D eigenvalue weighted by molar-refractivity contribution is 7.89. The van der Waals surface area contributed by atoms with Crippen molar-refractivity contribution in [2.75, 3.05) is 0 Å².